The fourth-order valence-corrected chi connectivity index (χ4v) is 14.6. The van der Waals surface area contributed by atoms with Crippen LogP contribution in [0.4, 0.5) is 0 Å². The largest absolute Gasteiger partial charge is 0.493 e. The second-order valence-electron chi connectivity index (χ2n) is 30.4. The highest BCUT2D eigenvalue weighted by molar-refractivity contribution is 5.77. The Bertz CT molecular complexity index is 7160. The standard InChI is InChI=1S/4C24H38N2O4/c4*1-14(2)9-17-13-26-8-7-16-10-21(28-5)22(29-6)11-18(16)19(26)12-20(17)30-24(27)23(25)15(3)4/h4*10-11,14-15,17,19-20,23H,7-9,12-13,25H2,1-6H3/t4*17?,19?,20?,23-/m0000/s1/i3D3,4D3,5D3,7D2,8D2,10D,11D,15D,19D,20D,23D;3D3,4D3,5D3,7D2,8D2,10D,11D,15D,19D,23D;3D3,4D3,7D2,8D2,10D,11D,15D,20D,23D;3D3,4D3,7D2,8D2,10D,11D,15D,19D,23D. The molecule has 12 unspecified atom stereocenters. The Labute approximate surface area is 812 Å². The molecule has 0 saturated carbocycles. The number of hydrogen-bond acceptors (Lipinski definition) is 24. The molecule has 4 aromatic carbocycles. The maximum absolute atomic E-state index is 13.6. The second-order valence-corrected chi connectivity index (χ2v) is 30.4. The summed E-state index contributed by atoms with van der Waals surface area (Å²) in [6.07, 6.45) is -23.7. The summed E-state index contributed by atoms with van der Waals surface area (Å²) in [5, 5.41) is 0. The first-order valence-corrected chi connectivity index (χ1v) is 38.0. The molecule has 0 aromatic heterocycles. The summed E-state index contributed by atoms with van der Waals surface area (Å²) in [5.41, 5.74) is 17.7. The third-order valence-electron chi connectivity index (χ3n) is 20.1. The molecule has 8 aliphatic heterocycles. The van der Waals surface area contributed by atoms with Crippen LogP contribution in [0.3, 0.4) is 0 Å². The molecule has 16 atom stereocenters. The van der Waals surface area contributed by atoms with Gasteiger partial charge in [0.25, 0.3) is 0 Å². The average molecular weight is 1740 g/mol. The van der Waals surface area contributed by atoms with Crippen molar-refractivity contribution >= 4 is 23.9 Å². The molecule has 24 nitrogen and oxygen atoms in total. The number of esters is 4. The number of hydrogen-bond donors (Lipinski definition) is 4. The van der Waals surface area contributed by atoms with Gasteiger partial charge in [-0.05, 0) is 191 Å². The van der Waals surface area contributed by atoms with Gasteiger partial charge in [0.2, 0.25) is 0 Å². The molecule has 8 aliphatic rings. The Balaban J connectivity index is 0.000000271. The first-order valence-electron chi connectivity index (χ1n) is 71.5. The number of carbonyl (C=O) groups is 4. The summed E-state index contributed by atoms with van der Waals surface area (Å²) in [7, 11) is 0.149. The Morgan fingerprint density at radius 1 is 0.375 bits per heavy atom. The Kier molecular flexibility index (Phi) is 14.6. The van der Waals surface area contributed by atoms with E-state index >= 15 is 0 Å². The van der Waals surface area contributed by atoms with Crippen LogP contribution in [-0.4, -0.2) is 201 Å². The summed E-state index contributed by atoms with van der Waals surface area (Å²) >= 11 is 0. The number of piperidine rings is 4. The Morgan fingerprint density at radius 3 is 0.950 bits per heavy atom. The van der Waals surface area contributed by atoms with Gasteiger partial charge in [0.05, 0.1) is 88.3 Å². The number of benzene rings is 4. The van der Waals surface area contributed by atoms with Gasteiger partial charge in [-0.2, -0.15) is 0 Å². The number of fused-ring (bicyclic) bond motifs is 12. The lowest BCUT2D eigenvalue weighted by atomic mass is 9.79. The molecule has 4 aromatic rings. The Hall–Kier alpha value is -7.16. The maximum atomic E-state index is 13.6. The summed E-state index contributed by atoms with van der Waals surface area (Å²) < 4.78 is 618. The fraction of sp³-hybridized carbons (Fsp3) is 0.708. The number of methoxy groups -OCH3 is 8. The van der Waals surface area contributed by atoms with Crippen LogP contribution in [0.25, 0.3) is 0 Å². The smallest absolute Gasteiger partial charge is 0.323 e. The average Bonchev–Trinajstić information content (AvgIpc) is 0.673. The molecule has 0 spiro atoms. The van der Waals surface area contributed by atoms with Crippen LogP contribution in [0.2, 0.25) is 0 Å². The van der Waals surface area contributed by atoms with E-state index in [1.54, 1.807) is 55.4 Å². The van der Waals surface area contributed by atoms with Gasteiger partial charge < -0.3 is 79.8 Å². The molecule has 0 radical (unpaired) electrons. The number of nitrogens with two attached hydrogens (primary N) is 4. The van der Waals surface area contributed by atoms with Crippen molar-refractivity contribution in [3.8, 4) is 46.0 Å². The lowest BCUT2D eigenvalue weighted by Gasteiger charge is -2.47. The van der Waals surface area contributed by atoms with Gasteiger partial charge >= 0.3 is 23.9 Å². The molecular weight excluding hydrogens is 1520 g/mol. The van der Waals surface area contributed by atoms with Crippen LogP contribution in [-0.2, 0) is 63.6 Å². The van der Waals surface area contributed by atoms with Crippen molar-refractivity contribution in [2.24, 2.45) is 93.9 Å². The van der Waals surface area contributed by atoms with Crippen LogP contribution in [0.15, 0.2) is 48.3 Å². The minimum absolute atomic E-state index is 0.0649. The molecule has 4 fully saturated rings. The number of rotatable bonds is 28. The van der Waals surface area contributed by atoms with Crippen molar-refractivity contribution < 1.29 is 168 Å². The Morgan fingerprint density at radius 2 is 0.633 bits per heavy atom. The zero-order valence-corrected chi connectivity index (χ0v) is 69.0. The van der Waals surface area contributed by atoms with Crippen LogP contribution in [0.1, 0.15) is 322 Å². The molecule has 4 saturated heterocycles. The summed E-state index contributed by atoms with van der Waals surface area (Å²) in [6, 6.07) is -30.5. The number of nitrogens with zero attached hydrogens (tertiary/aromatic N) is 4. The highest BCUT2D eigenvalue weighted by Gasteiger charge is 2.47. The summed E-state index contributed by atoms with van der Waals surface area (Å²) in [6.45, 7) is -31.0. The first-order chi connectivity index (χ1) is 83.1. The van der Waals surface area contributed by atoms with Gasteiger partial charge in [0.1, 0.15) is 48.4 Å². The lowest BCUT2D eigenvalue weighted by molar-refractivity contribution is -0.161. The predicted octanol–water partition coefficient (Wildman–Crippen LogP) is 14.3. The third kappa shape index (κ3) is 23.8. The molecular formula is C96H152N8O16. The molecule has 0 aliphatic carbocycles. The van der Waals surface area contributed by atoms with Crippen molar-refractivity contribution in [2.45, 2.75) is 260 Å². The molecule has 12 rings (SSSR count). The minimum Gasteiger partial charge on any atom is -0.493 e. The van der Waals surface area contributed by atoms with E-state index in [0.717, 1.165) is 50.2 Å². The van der Waals surface area contributed by atoms with Crippen molar-refractivity contribution in [1.29, 1.82) is 0 Å². The highest BCUT2D eigenvalue weighted by atomic mass is 16.6. The summed E-state index contributed by atoms with van der Waals surface area (Å²) in [5.74, 6) is -33.4. The van der Waals surface area contributed by atoms with Crippen LogP contribution in [0, 0.1) is 70.9 Å². The van der Waals surface area contributed by atoms with Crippen molar-refractivity contribution in [2.75, 3.05) is 109 Å². The van der Waals surface area contributed by atoms with E-state index in [1.807, 2.05) is 0 Å². The molecule has 8 heterocycles. The van der Waals surface area contributed by atoms with Gasteiger partial charge in [-0.3, -0.25) is 38.8 Å². The van der Waals surface area contributed by atoms with Gasteiger partial charge in [-0.25, -0.2) is 0 Å². The molecule has 0 bridgehead atoms. The maximum Gasteiger partial charge on any atom is 0.323 e. The SMILES string of the molecule is [2H]c1c(OC)c(OC([2H])([2H])[2H])c([2H])c2c1C1([2H])CC(OC(=O)[C@@]([2H])(N)C([2H])(C([2H])([2H])[2H])C([2H])([2H])[2H])C(CC(C)C)CN1C([2H])([2H])C2([2H])[2H].[2H]c1c(OC)c(OC([2H])([2H])[2H])c([2H])c2c1C1([2H])CC([2H])(OC(=O)[C@@]([2H])(N)C([2H])(C([2H])([2H])[2H])C([2H])([2H])[2H])C(CC(C)C)CN1C([2H])([2H])C2([2H])[2H].[2H]c1c(OC)c(OC)c([2H])c2c1C1([2H])CC(OC(=O)[C@@]([2H])(N)C([2H])(C([2H])([2H])[2H])C([2H])([2H])[2H])C(CC(C)C)CN1C([2H])([2H])C2([2H])[2H].[2H]c1c(OC)c(OC)c([2H])c2c1C1CC([2H])(OC(=O)[C@@]([2H])(N)C([2H])(C([2H])([2H])[2H])C([2H])([2H])[2H])C(CC(C)C)CN1C([2H])([2H])C2([2H])[2H]. The van der Waals surface area contributed by atoms with Crippen LogP contribution < -0.4 is 60.8 Å². The molecule has 120 heavy (non-hydrogen) atoms. The zero-order valence-electron chi connectivity index (χ0n) is 136. The van der Waals surface area contributed by atoms with Gasteiger partial charge in [-0.1, -0.05) is 110 Å². The van der Waals surface area contributed by atoms with Crippen molar-refractivity contribution in [3.05, 3.63) is 92.8 Å². The third-order valence-corrected chi connectivity index (χ3v) is 20.1. The van der Waals surface area contributed by atoms with Crippen molar-refractivity contribution in [1.82, 2.24) is 19.6 Å². The molecule has 672 valence electrons. The predicted molar refractivity (Wildman–Crippen MR) is 471 cm³/mol. The van der Waals surface area contributed by atoms with Gasteiger partial charge in [0, 0.05) is 186 Å². The van der Waals surface area contributed by atoms with Gasteiger partial charge in [0.15, 0.2) is 46.0 Å². The first kappa shape index (κ1) is 40.0. The number of carbonyl (C=O) groups excluding carboxylic acids is 4. The van der Waals surface area contributed by atoms with E-state index < -0.39 is 426 Å². The van der Waals surface area contributed by atoms with Crippen molar-refractivity contribution in [3.63, 3.8) is 0 Å². The monoisotopic (exact) mass is 1740 g/mol. The molecule has 0 amide bonds. The summed E-state index contributed by atoms with van der Waals surface area (Å²) in [4.78, 5) is 57.5. The van der Waals surface area contributed by atoms with E-state index in [4.69, 9.17) is 165 Å². The fourth-order valence-electron chi connectivity index (χ4n) is 14.6. The quantitative estimate of drug-likeness (QED) is 0.0303. The normalized spacial score (nSPS) is 42.0. The topological polar surface area (TPSA) is 296 Å². The van der Waals surface area contributed by atoms with Gasteiger partial charge in [-0.15, -0.1) is 0 Å². The highest BCUT2D eigenvalue weighted by Crippen LogP contribution is 2.50. The van der Waals surface area contributed by atoms with E-state index in [0.29, 0.717) is 4.90 Å². The van der Waals surface area contributed by atoms with Crippen LogP contribution in [0.5, 0.6) is 46.0 Å². The lowest BCUT2D eigenvalue weighted by Crippen LogP contribution is -2.51. The van der Waals surface area contributed by atoms with Crippen LogP contribution >= 0.6 is 0 Å². The minimum atomic E-state index is -4.00. The van der Waals surface area contributed by atoms with E-state index in [2.05, 4.69) is 0 Å². The number of ether oxygens (including phenoxy) is 12. The van der Waals surface area contributed by atoms with E-state index in [-0.39, 0.29) is 77.9 Å². The van der Waals surface area contributed by atoms with E-state index in [9.17, 15) is 26.0 Å². The zero-order chi connectivity index (χ0) is 146. The van der Waals surface area contributed by atoms with E-state index in [1.165, 1.54) is 7.11 Å². The second kappa shape index (κ2) is 43.9. The molecule has 24 heteroatoms. The molecule has 8 N–H and O–H groups in total.